The number of hydrogen-bond acceptors (Lipinski definition) is 4. The molecule has 2 heterocycles. The van der Waals surface area contributed by atoms with Gasteiger partial charge in [-0.15, -0.1) is 0 Å². The van der Waals surface area contributed by atoms with E-state index < -0.39 is 8.07 Å². The Bertz CT molecular complexity index is 1130. The van der Waals surface area contributed by atoms with Gasteiger partial charge in [-0.1, -0.05) is 84.9 Å². The van der Waals surface area contributed by atoms with Crippen LogP contribution in [0, 0.1) is 0 Å². The molecule has 2 aliphatic heterocycles. The summed E-state index contributed by atoms with van der Waals surface area (Å²) >= 11 is 0. The molecule has 0 amide bonds. The average molecular weight is 481 g/mol. The van der Waals surface area contributed by atoms with Gasteiger partial charge < -0.3 is 18.9 Å². The summed E-state index contributed by atoms with van der Waals surface area (Å²) in [7, 11) is -2.57. The first kappa shape index (κ1) is 22.1. The third-order valence-electron chi connectivity index (χ3n) is 6.66. The van der Waals surface area contributed by atoms with E-state index in [2.05, 4.69) is 109 Å². The van der Waals surface area contributed by atoms with Crippen LogP contribution in [0.4, 0.5) is 0 Å². The van der Waals surface area contributed by atoms with Crippen molar-refractivity contribution in [2.24, 2.45) is 0 Å². The van der Waals surface area contributed by atoms with Gasteiger partial charge in [-0.25, -0.2) is 0 Å². The highest BCUT2D eigenvalue weighted by molar-refractivity contribution is 7.19. The minimum absolute atomic E-state index is 0.240. The Morgan fingerprint density at radius 2 is 0.857 bits per heavy atom. The molecule has 0 aromatic heterocycles. The predicted molar refractivity (Wildman–Crippen MR) is 141 cm³/mol. The second kappa shape index (κ2) is 9.70. The Morgan fingerprint density at radius 3 is 1.20 bits per heavy atom. The first-order chi connectivity index (χ1) is 17.3. The summed E-state index contributed by atoms with van der Waals surface area (Å²) < 4.78 is 22.5. The fourth-order valence-corrected chi connectivity index (χ4v) is 9.40. The van der Waals surface area contributed by atoms with Crippen molar-refractivity contribution < 1.29 is 18.9 Å². The molecule has 35 heavy (non-hydrogen) atoms. The Kier molecular flexibility index (Phi) is 6.13. The van der Waals surface area contributed by atoms with Crippen LogP contribution < -0.4 is 30.2 Å². The van der Waals surface area contributed by atoms with E-state index in [1.165, 1.54) is 20.7 Å². The fourth-order valence-electron chi connectivity index (χ4n) is 4.69. The van der Waals surface area contributed by atoms with Crippen LogP contribution in [0.5, 0.6) is 11.5 Å². The summed E-state index contributed by atoms with van der Waals surface area (Å²) in [6.45, 7) is 2.80. The van der Waals surface area contributed by atoms with E-state index in [9.17, 15) is 0 Å². The molecular weight excluding hydrogens is 452 g/mol. The van der Waals surface area contributed by atoms with E-state index >= 15 is 0 Å². The topological polar surface area (TPSA) is 43.5 Å². The molecule has 4 aromatic carbocycles. The third kappa shape index (κ3) is 4.75. The molecular formula is C30H28O4Si. The zero-order valence-corrected chi connectivity index (χ0v) is 20.5. The van der Waals surface area contributed by atoms with Gasteiger partial charge in [0.1, 0.15) is 36.9 Å². The number of epoxide rings is 2. The molecule has 0 bridgehead atoms. The van der Waals surface area contributed by atoms with Crippen molar-refractivity contribution in [3.63, 3.8) is 0 Å². The molecule has 0 spiro atoms. The van der Waals surface area contributed by atoms with Crippen molar-refractivity contribution in [1.82, 2.24) is 0 Å². The number of ether oxygens (including phenoxy) is 4. The first-order valence-electron chi connectivity index (χ1n) is 12.1. The number of hydrogen-bond donors (Lipinski definition) is 0. The normalized spacial score (nSPS) is 18.6. The fraction of sp³-hybridized carbons (Fsp3) is 0.200. The molecule has 5 heteroatoms. The summed E-state index contributed by atoms with van der Waals surface area (Å²) in [6, 6.07) is 39.1. The van der Waals surface area contributed by atoms with Crippen LogP contribution in [0.1, 0.15) is 0 Å². The van der Waals surface area contributed by atoms with Crippen molar-refractivity contribution in [2.75, 3.05) is 26.4 Å². The molecule has 2 unspecified atom stereocenters. The van der Waals surface area contributed by atoms with Gasteiger partial charge in [0, 0.05) is 0 Å². The van der Waals surface area contributed by atoms with E-state index in [1.807, 2.05) is 0 Å². The average Bonchev–Trinajstić information content (AvgIpc) is 3.85. The van der Waals surface area contributed by atoms with Gasteiger partial charge in [-0.05, 0) is 45.0 Å². The zero-order chi connectivity index (χ0) is 23.5. The lowest BCUT2D eigenvalue weighted by Crippen LogP contribution is -2.74. The summed E-state index contributed by atoms with van der Waals surface area (Å²) in [5, 5.41) is 5.30. The molecule has 2 atom stereocenters. The lowest BCUT2D eigenvalue weighted by molar-refractivity contribution is 0.263. The molecule has 6 rings (SSSR count). The molecule has 0 saturated carbocycles. The minimum atomic E-state index is -2.57. The second-order valence-electron chi connectivity index (χ2n) is 9.06. The highest BCUT2D eigenvalue weighted by Gasteiger charge is 2.41. The maximum Gasteiger partial charge on any atom is 0.179 e. The Hall–Kier alpha value is -3.38. The molecule has 2 saturated heterocycles. The Balaban J connectivity index is 1.45. The quantitative estimate of drug-likeness (QED) is 0.199. The summed E-state index contributed by atoms with van der Waals surface area (Å²) in [4.78, 5) is 0. The summed E-state index contributed by atoms with van der Waals surface area (Å²) in [5.74, 6) is 1.75. The van der Waals surface area contributed by atoms with Crippen LogP contribution in [0.25, 0.3) is 0 Å². The molecule has 4 aromatic rings. The van der Waals surface area contributed by atoms with Crippen LogP contribution in [0.3, 0.4) is 0 Å². The van der Waals surface area contributed by atoms with Crippen LogP contribution in [-0.2, 0) is 9.47 Å². The SMILES string of the molecule is c1ccc([Si](c2ccccc2)(c2ccc(OCC3CO3)cc2)c2ccc(OCC3CO3)cc2)cc1. The Labute approximate surface area is 207 Å². The molecule has 4 nitrogen and oxygen atoms in total. The molecule has 0 aliphatic carbocycles. The van der Waals surface area contributed by atoms with Crippen LogP contribution in [0.2, 0.25) is 0 Å². The van der Waals surface area contributed by atoms with Crippen molar-refractivity contribution >= 4 is 28.8 Å². The molecule has 2 aliphatic rings. The van der Waals surface area contributed by atoms with Gasteiger partial charge in [0.15, 0.2) is 8.07 Å². The van der Waals surface area contributed by atoms with Crippen LogP contribution in [-0.4, -0.2) is 46.7 Å². The maximum atomic E-state index is 5.95. The highest BCUT2D eigenvalue weighted by Crippen LogP contribution is 2.18. The summed E-state index contributed by atoms with van der Waals surface area (Å²) in [6.07, 6.45) is 0.480. The van der Waals surface area contributed by atoms with Gasteiger partial charge in [0.25, 0.3) is 0 Å². The van der Waals surface area contributed by atoms with Gasteiger partial charge >= 0.3 is 0 Å². The molecule has 176 valence electrons. The van der Waals surface area contributed by atoms with Gasteiger partial charge in [-0.2, -0.15) is 0 Å². The van der Waals surface area contributed by atoms with Gasteiger partial charge in [0.05, 0.1) is 13.2 Å². The largest absolute Gasteiger partial charge is 0.491 e. The highest BCUT2D eigenvalue weighted by atomic mass is 28.3. The predicted octanol–water partition coefficient (Wildman–Crippen LogP) is 2.62. The van der Waals surface area contributed by atoms with E-state index in [0.29, 0.717) is 13.2 Å². The van der Waals surface area contributed by atoms with Crippen molar-refractivity contribution in [3.8, 4) is 11.5 Å². The smallest absolute Gasteiger partial charge is 0.179 e. The van der Waals surface area contributed by atoms with Crippen molar-refractivity contribution in [3.05, 3.63) is 109 Å². The molecule has 0 N–H and O–H groups in total. The van der Waals surface area contributed by atoms with Crippen LogP contribution >= 0.6 is 0 Å². The van der Waals surface area contributed by atoms with E-state index in [-0.39, 0.29) is 12.2 Å². The minimum Gasteiger partial charge on any atom is -0.491 e. The zero-order valence-electron chi connectivity index (χ0n) is 19.5. The third-order valence-corrected chi connectivity index (χ3v) is 11.5. The first-order valence-corrected chi connectivity index (χ1v) is 14.1. The van der Waals surface area contributed by atoms with Gasteiger partial charge in [-0.3, -0.25) is 0 Å². The lowest BCUT2D eigenvalue weighted by atomic mass is 10.3. The van der Waals surface area contributed by atoms with Gasteiger partial charge in [0.2, 0.25) is 0 Å². The Morgan fingerprint density at radius 1 is 0.514 bits per heavy atom. The van der Waals surface area contributed by atoms with E-state index in [1.54, 1.807) is 0 Å². The monoisotopic (exact) mass is 480 g/mol. The van der Waals surface area contributed by atoms with E-state index in [0.717, 1.165) is 24.7 Å². The summed E-state index contributed by atoms with van der Waals surface area (Å²) in [5.41, 5.74) is 0. The molecule has 0 radical (unpaired) electrons. The standard InChI is InChI=1S/C30H28O4Si/c1-3-7-27(8-4-1)35(28-9-5-2-6-10-28,29-15-11-23(12-16-29)31-19-25-21-33-25)30-17-13-24(14-18-30)32-20-26-22-34-26/h1-18,25-26H,19-22H2. The van der Waals surface area contributed by atoms with E-state index in [4.69, 9.17) is 18.9 Å². The van der Waals surface area contributed by atoms with Crippen LogP contribution in [0.15, 0.2) is 109 Å². The maximum absolute atomic E-state index is 5.95. The number of rotatable bonds is 10. The van der Waals surface area contributed by atoms with Crippen molar-refractivity contribution in [2.45, 2.75) is 12.2 Å². The second-order valence-corrected chi connectivity index (χ2v) is 12.9. The van der Waals surface area contributed by atoms with Crippen molar-refractivity contribution in [1.29, 1.82) is 0 Å². The lowest BCUT2D eigenvalue weighted by Gasteiger charge is -2.34. The molecule has 2 fully saturated rings. The number of benzene rings is 4.